The average molecular weight is 642 g/mol. The van der Waals surface area contributed by atoms with Gasteiger partial charge >= 0.3 is 0 Å². The van der Waals surface area contributed by atoms with E-state index in [9.17, 15) is 10.5 Å². The lowest BCUT2D eigenvalue weighted by atomic mass is 10.0. The summed E-state index contributed by atoms with van der Waals surface area (Å²) in [5, 5.41) is 27.9. The highest BCUT2D eigenvalue weighted by Gasteiger charge is 2.32. The standard InChI is InChI=1S/C44H24FN5/c45-41-42(48-35-19-7-1-13-27(35)28-14-2-8-20-36(28)48)33(25-46)34(26-47)43(49-37-21-9-3-15-29(37)30-16-4-10-22-38(30)49)44(41)50-39-23-11-5-17-31(39)32-18-6-12-24-40(32)50/h1-24H. The lowest BCUT2D eigenvalue weighted by molar-refractivity contribution is 0.612. The maximum Gasteiger partial charge on any atom is 0.174 e. The molecule has 0 unspecified atom stereocenters. The Bertz CT molecular complexity index is 2980. The molecule has 0 bridgehead atoms. The molecule has 0 aliphatic rings. The van der Waals surface area contributed by atoms with E-state index in [2.05, 4.69) is 12.1 Å². The smallest absolute Gasteiger partial charge is 0.174 e. The molecule has 232 valence electrons. The van der Waals surface area contributed by atoms with Gasteiger partial charge in [0.05, 0.1) is 49.9 Å². The Morgan fingerprint density at radius 1 is 0.340 bits per heavy atom. The highest BCUT2D eigenvalue weighted by molar-refractivity contribution is 6.13. The molecule has 0 saturated heterocycles. The van der Waals surface area contributed by atoms with Gasteiger partial charge in [-0.25, -0.2) is 4.39 Å². The quantitative estimate of drug-likeness (QED) is 0.193. The molecule has 0 spiro atoms. The summed E-state index contributed by atoms with van der Waals surface area (Å²) in [7, 11) is 0. The summed E-state index contributed by atoms with van der Waals surface area (Å²) in [5.74, 6) is -0.601. The second kappa shape index (κ2) is 10.4. The first kappa shape index (κ1) is 27.9. The van der Waals surface area contributed by atoms with Crippen LogP contribution in [-0.2, 0) is 0 Å². The van der Waals surface area contributed by atoms with E-state index in [4.69, 9.17) is 0 Å². The van der Waals surface area contributed by atoms with Crippen molar-refractivity contribution < 1.29 is 4.39 Å². The van der Waals surface area contributed by atoms with E-state index < -0.39 is 5.82 Å². The van der Waals surface area contributed by atoms with Crippen LogP contribution in [0.5, 0.6) is 0 Å². The highest BCUT2D eigenvalue weighted by atomic mass is 19.1. The van der Waals surface area contributed by atoms with Crippen molar-refractivity contribution in [3.63, 3.8) is 0 Å². The monoisotopic (exact) mass is 641 g/mol. The van der Waals surface area contributed by atoms with Gasteiger partial charge in [-0.15, -0.1) is 0 Å². The first-order valence-corrected chi connectivity index (χ1v) is 16.4. The normalized spacial score (nSPS) is 11.7. The molecule has 0 atom stereocenters. The molecule has 0 saturated carbocycles. The number of benzene rings is 7. The van der Waals surface area contributed by atoms with Gasteiger partial charge in [0.25, 0.3) is 0 Å². The van der Waals surface area contributed by atoms with Gasteiger partial charge < -0.3 is 13.7 Å². The fraction of sp³-hybridized carbons (Fsp3) is 0. The third-order valence-corrected chi connectivity index (χ3v) is 10.00. The van der Waals surface area contributed by atoms with Gasteiger partial charge in [0.2, 0.25) is 0 Å². The molecule has 0 fully saturated rings. The van der Waals surface area contributed by atoms with Crippen LogP contribution >= 0.6 is 0 Å². The molecule has 0 N–H and O–H groups in total. The van der Waals surface area contributed by atoms with Gasteiger partial charge in [-0.2, -0.15) is 10.5 Å². The molecule has 0 radical (unpaired) electrons. The van der Waals surface area contributed by atoms with Gasteiger partial charge in [0, 0.05) is 32.3 Å². The van der Waals surface area contributed by atoms with Crippen LogP contribution in [0.1, 0.15) is 11.1 Å². The number of fused-ring (bicyclic) bond motifs is 9. The van der Waals surface area contributed by atoms with Crippen molar-refractivity contribution in [2.45, 2.75) is 0 Å². The third kappa shape index (κ3) is 3.57. The number of aromatic nitrogens is 3. The Labute approximate surface area is 285 Å². The fourth-order valence-corrected chi connectivity index (χ4v) is 8.02. The summed E-state index contributed by atoms with van der Waals surface area (Å²) >= 11 is 0. The second-order valence-electron chi connectivity index (χ2n) is 12.4. The van der Waals surface area contributed by atoms with E-state index in [1.165, 1.54) is 0 Å². The Hall–Kier alpha value is -7.15. The van der Waals surface area contributed by atoms with E-state index in [1.54, 1.807) is 0 Å². The molecule has 3 heterocycles. The van der Waals surface area contributed by atoms with Crippen LogP contribution in [0.3, 0.4) is 0 Å². The number of hydrogen-bond acceptors (Lipinski definition) is 2. The number of nitriles is 2. The molecular formula is C44H24FN5. The Kier molecular flexibility index (Phi) is 5.82. The number of nitrogens with zero attached hydrogens (tertiary/aromatic N) is 5. The zero-order chi connectivity index (χ0) is 33.5. The summed E-state index contributed by atoms with van der Waals surface area (Å²) in [4.78, 5) is 0. The number of halogens is 1. The number of rotatable bonds is 3. The lowest BCUT2D eigenvalue weighted by Gasteiger charge is -2.23. The molecule has 10 rings (SSSR count). The molecular weight excluding hydrogens is 618 g/mol. The molecule has 3 aromatic heterocycles. The van der Waals surface area contributed by atoms with Crippen LogP contribution in [0.15, 0.2) is 146 Å². The van der Waals surface area contributed by atoms with Crippen molar-refractivity contribution in [3.8, 4) is 29.2 Å². The molecule has 0 aliphatic heterocycles. The zero-order valence-electron chi connectivity index (χ0n) is 26.5. The minimum Gasteiger partial charge on any atom is -0.306 e. The van der Waals surface area contributed by atoms with Crippen molar-refractivity contribution in [1.82, 2.24) is 13.7 Å². The predicted molar refractivity (Wildman–Crippen MR) is 199 cm³/mol. The molecule has 50 heavy (non-hydrogen) atoms. The Balaban J connectivity index is 1.51. The van der Waals surface area contributed by atoms with Crippen molar-refractivity contribution >= 4 is 65.4 Å². The van der Waals surface area contributed by atoms with E-state index >= 15 is 4.39 Å². The second-order valence-corrected chi connectivity index (χ2v) is 12.4. The summed E-state index contributed by atoms with van der Waals surface area (Å²) in [6.07, 6.45) is 0. The largest absolute Gasteiger partial charge is 0.306 e. The summed E-state index contributed by atoms with van der Waals surface area (Å²) < 4.78 is 24.3. The highest BCUT2D eigenvalue weighted by Crippen LogP contribution is 2.45. The van der Waals surface area contributed by atoms with Crippen LogP contribution in [-0.4, -0.2) is 13.7 Å². The fourth-order valence-electron chi connectivity index (χ4n) is 8.02. The van der Waals surface area contributed by atoms with E-state index in [-0.39, 0.29) is 22.5 Å². The SMILES string of the molecule is N#Cc1c(C#N)c(-n2c3ccccc3c3ccccc32)c(-n2c3ccccc3c3ccccc32)c(F)c1-n1c2ccccc2c2ccccc21. The van der Waals surface area contributed by atoms with Gasteiger partial charge in [-0.3, -0.25) is 0 Å². The van der Waals surface area contributed by atoms with Gasteiger partial charge in [-0.1, -0.05) is 109 Å². The summed E-state index contributed by atoms with van der Waals surface area (Å²) in [6, 6.07) is 52.1. The zero-order valence-corrected chi connectivity index (χ0v) is 26.5. The molecule has 6 heteroatoms. The van der Waals surface area contributed by atoms with Gasteiger partial charge in [0.1, 0.15) is 23.5 Å². The predicted octanol–water partition coefficient (Wildman–Crippen LogP) is 10.9. The Morgan fingerprint density at radius 3 is 0.880 bits per heavy atom. The summed E-state index contributed by atoms with van der Waals surface area (Å²) in [5.41, 5.74) is 5.29. The minimum absolute atomic E-state index is 0.0297. The van der Waals surface area contributed by atoms with Crippen LogP contribution in [0.2, 0.25) is 0 Å². The number of para-hydroxylation sites is 6. The van der Waals surface area contributed by atoms with E-state index in [0.717, 1.165) is 65.4 Å². The van der Waals surface area contributed by atoms with Crippen LogP contribution in [0, 0.1) is 28.5 Å². The lowest BCUT2D eigenvalue weighted by Crippen LogP contribution is -2.14. The van der Waals surface area contributed by atoms with Crippen LogP contribution in [0.25, 0.3) is 82.5 Å². The molecule has 10 aromatic rings. The maximum atomic E-state index is 18.6. The van der Waals surface area contributed by atoms with Crippen LogP contribution in [0.4, 0.5) is 4.39 Å². The van der Waals surface area contributed by atoms with Crippen LogP contribution < -0.4 is 0 Å². The topological polar surface area (TPSA) is 62.4 Å². The Morgan fingerprint density at radius 2 is 0.580 bits per heavy atom. The summed E-state index contributed by atoms with van der Waals surface area (Å²) in [6.45, 7) is 0. The molecule has 0 aliphatic carbocycles. The average Bonchev–Trinajstić information content (AvgIpc) is 3.80. The first-order chi connectivity index (χ1) is 24.7. The molecule has 0 amide bonds. The van der Waals surface area contributed by atoms with E-state index in [1.807, 2.05) is 159 Å². The molecule has 5 nitrogen and oxygen atoms in total. The van der Waals surface area contributed by atoms with Gasteiger partial charge in [-0.05, 0) is 36.4 Å². The minimum atomic E-state index is -0.601. The van der Waals surface area contributed by atoms with Crippen molar-refractivity contribution in [1.29, 1.82) is 10.5 Å². The van der Waals surface area contributed by atoms with Gasteiger partial charge in [0.15, 0.2) is 5.82 Å². The third-order valence-electron chi connectivity index (χ3n) is 10.00. The molecule has 7 aromatic carbocycles. The van der Waals surface area contributed by atoms with Crippen molar-refractivity contribution in [2.75, 3.05) is 0 Å². The number of hydrogen-bond donors (Lipinski definition) is 0. The maximum absolute atomic E-state index is 18.6. The first-order valence-electron chi connectivity index (χ1n) is 16.4. The van der Waals surface area contributed by atoms with Crippen molar-refractivity contribution in [2.24, 2.45) is 0 Å². The van der Waals surface area contributed by atoms with Crippen molar-refractivity contribution in [3.05, 3.63) is 163 Å². The van der Waals surface area contributed by atoms with E-state index in [0.29, 0.717) is 5.69 Å².